The number of rotatable bonds is 4. The zero-order valence-electron chi connectivity index (χ0n) is 12.0. The average Bonchev–Trinajstić information content (AvgIpc) is 3.09. The van der Waals surface area contributed by atoms with Gasteiger partial charge in [0.25, 0.3) is 0 Å². The third kappa shape index (κ3) is 2.99. The molecule has 0 radical (unpaired) electrons. The van der Waals surface area contributed by atoms with Gasteiger partial charge in [-0.1, -0.05) is 24.3 Å². The van der Waals surface area contributed by atoms with Crippen LogP contribution in [0.1, 0.15) is 33.1 Å². The molecule has 0 bridgehead atoms. The second-order valence-electron chi connectivity index (χ2n) is 5.39. The maximum absolute atomic E-state index is 11.5. The van der Waals surface area contributed by atoms with Crippen molar-refractivity contribution in [2.24, 2.45) is 0 Å². The van der Waals surface area contributed by atoms with Gasteiger partial charge in [-0.3, -0.25) is 4.90 Å². The average molecular weight is 302 g/mol. The Labute approximate surface area is 128 Å². The lowest BCUT2D eigenvalue weighted by Crippen LogP contribution is -2.18. The maximum atomic E-state index is 11.5. The molecule has 2 heterocycles. The van der Waals surface area contributed by atoms with Crippen LogP contribution in [0, 0.1) is 6.92 Å². The first-order valence-corrected chi connectivity index (χ1v) is 7.98. The Morgan fingerprint density at radius 3 is 2.71 bits per heavy atom. The lowest BCUT2D eigenvalue weighted by atomic mass is 10.1. The fourth-order valence-corrected chi connectivity index (χ4v) is 3.69. The van der Waals surface area contributed by atoms with Gasteiger partial charge in [0, 0.05) is 5.56 Å². The molecule has 1 N–H and O–H groups in total. The molecule has 0 amide bonds. The van der Waals surface area contributed by atoms with Crippen LogP contribution in [0.25, 0.3) is 11.3 Å². The summed E-state index contributed by atoms with van der Waals surface area (Å²) in [6.07, 6.45) is 2.45. The van der Waals surface area contributed by atoms with Gasteiger partial charge in [-0.05, 0) is 38.4 Å². The van der Waals surface area contributed by atoms with E-state index < -0.39 is 5.97 Å². The number of nitrogens with zero attached hydrogens (tertiary/aromatic N) is 2. The van der Waals surface area contributed by atoms with E-state index >= 15 is 0 Å². The SMILES string of the molecule is Cc1ccccc1-c1nc(CN2CCCC2)sc1C(=O)O. The molecule has 1 aromatic heterocycles. The van der Waals surface area contributed by atoms with Gasteiger partial charge in [-0.15, -0.1) is 11.3 Å². The van der Waals surface area contributed by atoms with Crippen molar-refractivity contribution in [1.82, 2.24) is 9.88 Å². The molecule has 1 aromatic carbocycles. The molecule has 0 spiro atoms. The minimum absolute atomic E-state index is 0.346. The number of hydrogen-bond acceptors (Lipinski definition) is 4. The van der Waals surface area contributed by atoms with Gasteiger partial charge in [-0.2, -0.15) is 0 Å². The van der Waals surface area contributed by atoms with E-state index in [2.05, 4.69) is 9.88 Å². The molecule has 0 aliphatic carbocycles. The van der Waals surface area contributed by atoms with Crippen molar-refractivity contribution in [3.63, 3.8) is 0 Å². The van der Waals surface area contributed by atoms with Crippen molar-refractivity contribution in [2.75, 3.05) is 13.1 Å². The third-order valence-electron chi connectivity index (χ3n) is 3.82. The molecular weight excluding hydrogens is 284 g/mol. The van der Waals surface area contributed by atoms with E-state index in [1.165, 1.54) is 24.2 Å². The standard InChI is InChI=1S/C16H18N2O2S/c1-11-6-2-3-7-12(11)14-15(16(19)20)21-13(17-14)10-18-8-4-5-9-18/h2-3,6-7H,4-5,8-10H2,1H3,(H,19,20). The van der Waals surface area contributed by atoms with Crippen LogP contribution in [0.15, 0.2) is 24.3 Å². The lowest BCUT2D eigenvalue weighted by Gasteiger charge is -2.11. The Hall–Kier alpha value is -1.72. The summed E-state index contributed by atoms with van der Waals surface area (Å²) < 4.78 is 0. The Bertz CT molecular complexity index is 660. The van der Waals surface area contributed by atoms with Crippen LogP contribution < -0.4 is 0 Å². The zero-order chi connectivity index (χ0) is 14.8. The Morgan fingerprint density at radius 1 is 1.33 bits per heavy atom. The Balaban J connectivity index is 1.97. The number of carbonyl (C=O) groups is 1. The van der Waals surface area contributed by atoms with E-state index in [1.807, 2.05) is 31.2 Å². The molecular formula is C16H18N2O2S. The summed E-state index contributed by atoms with van der Waals surface area (Å²) in [6, 6.07) is 7.81. The number of aryl methyl sites for hydroxylation is 1. The fourth-order valence-electron chi connectivity index (χ4n) is 2.73. The molecule has 110 valence electrons. The number of hydrogen-bond donors (Lipinski definition) is 1. The number of carboxylic acids is 1. The molecule has 0 unspecified atom stereocenters. The first kappa shape index (κ1) is 14.2. The highest BCUT2D eigenvalue weighted by Gasteiger charge is 2.21. The van der Waals surface area contributed by atoms with Gasteiger partial charge in [0.05, 0.1) is 12.2 Å². The monoisotopic (exact) mass is 302 g/mol. The number of aromatic nitrogens is 1. The zero-order valence-corrected chi connectivity index (χ0v) is 12.8. The molecule has 0 atom stereocenters. The smallest absolute Gasteiger partial charge is 0.348 e. The summed E-state index contributed by atoms with van der Waals surface area (Å²) in [4.78, 5) is 18.8. The Kier molecular flexibility index (Phi) is 4.03. The van der Waals surface area contributed by atoms with Crippen LogP contribution in [0.5, 0.6) is 0 Å². The predicted molar refractivity (Wildman–Crippen MR) is 83.8 cm³/mol. The van der Waals surface area contributed by atoms with Crippen molar-refractivity contribution in [3.05, 3.63) is 39.7 Å². The Morgan fingerprint density at radius 2 is 2.05 bits per heavy atom. The van der Waals surface area contributed by atoms with Crippen LogP contribution in [-0.4, -0.2) is 34.0 Å². The van der Waals surface area contributed by atoms with Crippen molar-refractivity contribution in [1.29, 1.82) is 0 Å². The summed E-state index contributed by atoms with van der Waals surface area (Å²) in [5.74, 6) is -0.890. The third-order valence-corrected chi connectivity index (χ3v) is 4.85. The van der Waals surface area contributed by atoms with Gasteiger partial charge in [0.15, 0.2) is 0 Å². The molecule has 5 heteroatoms. The molecule has 1 aliphatic heterocycles. The molecule has 0 saturated carbocycles. The van der Waals surface area contributed by atoms with E-state index in [0.29, 0.717) is 10.6 Å². The van der Waals surface area contributed by atoms with Gasteiger partial charge in [0.1, 0.15) is 9.88 Å². The molecule has 2 aromatic rings. The van der Waals surface area contributed by atoms with Gasteiger partial charge in [0.2, 0.25) is 0 Å². The van der Waals surface area contributed by atoms with Crippen molar-refractivity contribution in [3.8, 4) is 11.3 Å². The molecule has 21 heavy (non-hydrogen) atoms. The normalized spacial score (nSPS) is 15.5. The van der Waals surface area contributed by atoms with E-state index in [-0.39, 0.29) is 0 Å². The van der Waals surface area contributed by atoms with Crippen LogP contribution in [0.4, 0.5) is 0 Å². The van der Waals surface area contributed by atoms with Gasteiger partial charge in [-0.25, -0.2) is 9.78 Å². The number of benzene rings is 1. The molecule has 1 aliphatic rings. The van der Waals surface area contributed by atoms with Crippen LogP contribution in [0.3, 0.4) is 0 Å². The highest BCUT2D eigenvalue weighted by Crippen LogP contribution is 2.31. The number of carboxylic acid groups (broad SMARTS) is 1. The predicted octanol–water partition coefficient (Wildman–Crippen LogP) is 3.41. The van der Waals surface area contributed by atoms with Crippen molar-refractivity contribution < 1.29 is 9.90 Å². The second-order valence-corrected chi connectivity index (χ2v) is 6.47. The summed E-state index contributed by atoms with van der Waals surface area (Å²) >= 11 is 1.31. The van der Waals surface area contributed by atoms with E-state index in [4.69, 9.17) is 0 Å². The second kappa shape index (κ2) is 5.95. The van der Waals surface area contributed by atoms with Crippen LogP contribution in [0.2, 0.25) is 0 Å². The van der Waals surface area contributed by atoms with Crippen molar-refractivity contribution >= 4 is 17.3 Å². The number of thiazole rings is 1. The maximum Gasteiger partial charge on any atom is 0.348 e. The summed E-state index contributed by atoms with van der Waals surface area (Å²) in [5, 5.41) is 10.3. The van der Waals surface area contributed by atoms with Gasteiger partial charge < -0.3 is 5.11 Å². The quantitative estimate of drug-likeness (QED) is 0.940. The molecule has 4 nitrogen and oxygen atoms in total. The van der Waals surface area contributed by atoms with E-state index in [1.54, 1.807) is 0 Å². The minimum Gasteiger partial charge on any atom is -0.477 e. The van der Waals surface area contributed by atoms with Crippen LogP contribution >= 0.6 is 11.3 Å². The minimum atomic E-state index is -0.890. The first-order valence-electron chi connectivity index (χ1n) is 7.16. The fraction of sp³-hybridized carbons (Fsp3) is 0.375. The summed E-state index contributed by atoms with van der Waals surface area (Å²) in [6.45, 7) is 4.92. The highest BCUT2D eigenvalue weighted by atomic mass is 32.1. The largest absolute Gasteiger partial charge is 0.477 e. The van der Waals surface area contributed by atoms with Gasteiger partial charge >= 0.3 is 5.97 Å². The van der Waals surface area contributed by atoms with E-state index in [9.17, 15) is 9.90 Å². The lowest BCUT2D eigenvalue weighted by molar-refractivity contribution is 0.0702. The van der Waals surface area contributed by atoms with Crippen molar-refractivity contribution in [2.45, 2.75) is 26.3 Å². The first-order chi connectivity index (χ1) is 10.1. The summed E-state index contributed by atoms with van der Waals surface area (Å²) in [5.41, 5.74) is 2.58. The molecule has 1 saturated heterocycles. The van der Waals surface area contributed by atoms with Crippen LogP contribution in [-0.2, 0) is 6.54 Å². The topological polar surface area (TPSA) is 53.4 Å². The van der Waals surface area contributed by atoms with E-state index in [0.717, 1.165) is 35.8 Å². The number of likely N-dealkylation sites (tertiary alicyclic amines) is 1. The summed E-state index contributed by atoms with van der Waals surface area (Å²) in [7, 11) is 0. The highest BCUT2D eigenvalue weighted by molar-refractivity contribution is 7.14. The number of aromatic carboxylic acids is 1. The molecule has 1 fully saturated rings. The molecule has 3 rings (SSSR count).